The number of anilines is 2. The van der Waals surface area contributed by atoms with Gasteiger partial charge in [-0.3, -0.25) is 9.59 Å². The molecule has 1 aliphatic carbocycles. The lowest BCUT2D eigenvalue weighted by atomic mass is 10.1. The van der Waals surface area contributed by atoms with Crippen LogP contribution < -0.4 is 20.9 Å². The summed E-state index contributed by atoms with van der Waals surface area (Å²) < 4.78 is 0. The van der Waals surface area contributed by atoms with E-state index in [1.54, 1.807) is 4.90 Å². The zero-order chi connectivity index (χ0) is 18.0. The Bertz CT molecular complexity index is 642. The van der Waals surface area contributed by atoms with Gasteiger partial charge >= 0.3 is 0 Å². The second-order valence-corrected chi connectivity index (χ2v) is 7.41. The fourth-order valence-corrected chi connectivity index (χ4v) is 3.16. The fraction of sp³-hybridized carbons (Fsp3) is 0.579. The number of fused-ring (bicyclic) bond motifs is 1. The predicted octanol–water partition coefficient (Wildman–Crippen LogP) is 1.35. The van der Waals surface area contributed by atoms with Crippen molar-refractivity contribution in [1.82, 2.24) is 5.32 Å². The maximum atomic E-state index is 12.7. The van der Waals surface area contributed by atoms with Gasteiger partial charge in [0.25, 0.3) is 0 Å². The van der Waals surface area contributed by atoms with Gasteiger partial charge in [-0.1, -0.05) is 26.0 Å². The molecule has 1 heterocycles. The van der Waals surface area contributed by atoms with Crippen molar-refractivity contribution >= 4 is 23.2 Å². The molecule has 2 amide bonds. The largest absolute Gasteiger partial charge is 0.368 e. The molecule has 136 valence electrons. The lowest BCUT2D eigenvalue weighted by molar-refractivity contribution is -0.126. The number of rotatable bonds is 6. The summed E-state index contributed by atoms with van der Waals surface area (Å²) >= 11 is 0. The number of hydrogen-bond donors (Lipinski definition) is 2. The van der Waals surface area contributed by atoms with E-state index in [2.05, 4.69) is 16.3 Å². The molecule has 0 saturated heterocycles. The second kappa shape index (κ2) is 7.44. The zero-order valence-corrected chi connectivity index (χ0v) is 15.1. The third kappa shape index (κ3) is 4.12. The van der Waals surface area contributed by atoms with Crippen LogP contribution in [0, 0.1) is 11.8 Å². The monoisotopic (exact) mass is 344 g/mol. The topological polar surface area (TPSA) is 78.7 Å². The van der Waals surface area contributed by atoms with E-state index in [0.29, 0.717) is 6.54 Å². The Morgan fingerprint density at radius 3 is 2.52 bits per heavy atom. The van der Waals surface area contributed by atoms with Gasteiger partial charge in [-0.15, -0.1) is 0 Å². The first-order valence-corrected chi connectivity index (χ1v) is 9.15. The number of amides is 2. The summed E-state index contributed by atoms with van der Waals surface area (Å²) in [5, 5.41) is 2.68. The number of benzene rings is 1. The number of nitrogens with two attached hydrogens (primary N) is 1. The van der Waals surface area contributed by atoms with Crippen LogP contribution in [-0.2, 0) is 9.59 Å². The Hall–Kier alpha value is -2.08. The molecule has 3 N–H and O–H groups in total. The van der Waals surface area contributed by atoms with Crippen LogP contribution in [0.15, 0.2) is 24.3 Å². The molecule has 6 nitrogen and oxygen atoms in total. The van der Waals surface area contributed by atoms with Gasteiger partial charge in [-0.05, 0) is 36.8 Å². The van der Waals surface area contributed by atoms with E-state index in [-0.39, 0.29) is 24.3 Å². The van der Waals surface area contributed by atoms with Crippen molar-refractivity contribution in [1.29, 1.82) is 0 Å². The molecule has 2 aliphatic rings. The molecule has 0 aromatic heterocycles. The number of para-hydroxylation sites is 2. The summed E-state index contributed by atoms with van der Waals surface area (Å²) in [4.78, 5) is 28.8. The van der Waals surface area contributed by atoms with Crippen molar-refractivity contribution in [2.75, 3.05) is 36.0 Å². The van der Waals surface area contributed by atoms with Gasteiger partial charge in [0.1, 0.15) is 0 Å². The lowest BCUT2D eigenvalue weighted by Crippen LogP contribution is -2.50. The molecule has 0 unspecified atom stereocenters. The summed E-state index contributed by atoms with van der Waals surface area (Å²) in [5.74, 6) is 0.473. The highest BCUT2D eigenvalue weighted by atomic mass is 16.2. The van der Waals surface area contributed by atoms with Crippen LogP contribution in [0.5, 0.6) is 0 Å². The van der Waals surface area contributed by atoms with E-state index in [9.17, 15) is 9.59 Å². The van der Waals surface area contributed by atoms with Crippen LogP contribution in [0.4, 0.5) is 11.4 Å². The minimum Gasteiger partial charge on any atom is -0.368 e. The molecule has 1 fully saturated rings. The van der Waals surface area contributed by atoms with Crippen LogP contribution in [0.2, 0.25) is 0 Å². The maximum Gasteiger partial charge on any atom is 0.246 e. The van der Waals surface area contributed by atoms with E-state index >= 15 is 0 Å². The molecule has 0 radical (unpaired) electrons. The summed E-state index contributed by atoms with van der Waals surface area (Å²) in [7, 11) is 0. The van der Waals surface area contributed by atoms with E-state index in [1.165, 1.54) is 12.8 Å². The van der Waals surface area contributed by atoms with Crippen molar-refractivity contribution in [3.8, 4) is 0 Å². The summed E-state index contributed by atoms with van der Waals surface area (Å²) in [6.07, 6.45) is 2.62. The number of carbonyl (C=O) groups excluding carboxylic acids is 2. The number of nitrogens with zero attached hydrogens (tertiary/aromatic N) is 2. The van der Waals surface area contributed by atoms with Gasteiger partial charge in [0.05, 0.1) is 24.0 Å². The van der Waals surface area contributed by atoms with Crippen LogP contribution in [0.3, 0.4) is 0 Å². The van der Waals surface area contributed by atoms with Crippen LogP contribution in [0.1, 0.15) is 26.7 Å². The van der Waals surface area contributed by atoms with E-state index < -0.39 is 6.04 Å². The van der Waals surface area contributed by atoms with Gasteiger partial charge < -0.3 is 20.9 Å². The third-order valence-electron chi connectivity index (χ3n) is 5.02. The molecule has 6 heteroatoms. The highest BCUT2D eigenvalue weighted by Gasteiger charge is 2.31. The molecular weight excluding hydrogens is 316 g/mol. The smallest absolute Gasteiger partial charge is 0.246 e. The Balaban J connectivity index is 1.65. The molecule has 0 bridgehead atoms. The lowest BCUT2D eigenvalue weighted by Gasteiger charge is -2.38. The SMILES string of the molecule is CC(C)[C@H](N)C(=O)NCC(=O)N1CCN(CC2CC2)c2ccccc21. The summed E-state index contributed by atoms with van der Waals surface area (Å²) in [6.45, 7) is 6.31. The molecule has 3 rings (SSSR count). The predicted molar refractivity (Wildman–Crippen MR) is 99.6 cm³/mol. The van der Waals surface area contributed by atoms with Gasteiger partial charge in [0.15, 0.2) is 0 Å². The van der Waals surface area contributed by atoms with Gasteiger partial charge in [-0.2, -0.15) is 0 Å². The van der Waals surface area contributed by atoms with Crippen molar-refractivity contribution in [2.45, 2.75) is 32.7 Å². The number of hydrogen-bond acceptors (Lipinski definition) is 4. The Morgan fingerprint density at radius 2 is 1.88 bits per heavy atom. The van der Waals surface area contributed by atoms with Crippen molar-refractivity contribution in [2.24, 2.45) is 17.6 Å². The van der Waals surface area contributed by atoms with E-state index in [4.69, 9.17) is 5.73 Å². The van der Waals surface area contributed by atoms with E-state index in [0.717, 1.165) is 30.4 Å². The van der Waals surface area contributed by atoms with Crippen molar-refractivity contribution in [3.05, 3.63) is 24.3 Å². The van der Waals surface area contributed by atoms with Crippen LogP contribution in [0.25, 0.3) is 0 Å². The summed E-state index contributed by atoms with van der Waals surface area (Å²) in [6, 6.07) is 7.43. The molecule has 1 saturated carbocycles. The molecule has 25 heavy (non-hydrogen) atoms. The minimum atomic E-state index is -0.588. The quantitative estimate of drug-likeness (QED) is 0.816. The average Bonchev–Trinajstić information content (AvgIpc) is 3.43. The molecule has 0 spiro atoms. The maximum absolute atomic E-state index is 12.7. The molecule has 1 aliphatic heterocycles. The van der Waals surface area contributed by atoms with E-state index in [1.807, 2.05) is 32.0 Å². The number of carbonyl (C=O) groups is 2. The Kier molecular flexibility index (Phi) is 5.27. The molecular formula is C19H28N4O2. The third-order valence-corrected chi connectivity index (χ3v) is 5.02. The number of nitrogens with one attached hydrogen (secondary N) is 1. The molecule has 1 atom stereocenters. The highest BCUT2D eigenvalue weighted by Crippen LogP contribution is 2.37. The zero-order valence-electron chi connectivity index (χ0n) is 15.1. The fourth-order valence-electron chi connectivity index (χ4n) is 3.16. The Labute approximate surface area is 149 Å². The first kappa shape index (κ1) is 17.7. The van der Waals surface area contributed by atoms with Crippen molar-refractivity contribution in [3.63, 3.8) is 0 Å². The van der Waals surface area contributed by atoms with Crippen LogP contribution in [-0.4, -0.2) is 44.0 Å². The Morgan fingerprint density at radius 1 is 1.20 bits per heavy atom. The van der Waals surface area contributed by atoms with Gasteiger partial charge in [-0.25, -0.2) is 0 Å². The summed E-state index contributed by atoms with van der Waals surface area (Å²) in [5.41, 5.74) is 7.87. The minimum absolute atomic E-state index is 0.0176. The molecule has 1 aromatic rings. The first-order valence-electron chi connectivity index (χ1n) is 9.15. The standard InChI is InChI=1S/C19H28N4O2/c1-13(2)18(20)19(25)21-11-17(24)23-10-9-22(12-14-7-8-14)15-5-3-4-6-16(15)23/h3-6,13-14,18H,7-12,20H2,1-2H3,(H,21,25)/t18-/m0/s1. The molecule has 1 aromatic carbocycles. The van der Waals surface area contributed by atoms with Crippen molar-refractivity contribution < 1.29 is 9.59 Å². The normalized spacial score (nSPS) is 18.1. The average molecular weight is 344 g/mol. The highest BCUT2D eigenvalue weighted by molar-refractivity contribution is 6.00. The first-order chi connectivity index (χ1) is 12.0. The van der Waals surface area contributed by atoms with Crippen LogP contribution >= 0.6 is 0 Å². The van der Waals surface area contributed by atoms with Gasteiger partial charge in [0, 0.05) is 19.6 Å². The second-order valence-electron chi connectivity index (χ2n) is 7.41. The van der Waals surface area contributed by atoms with Gasteiger partial charge in [0.2, 0.25) is 11.8 Å².